The molecular weight excluding hydrogens is 508 g/mol. The summed E-state index contributed by atoms with van der Waals surface area (Å²) in [5.74, 6) is -0.454. The lowest BCUT2D eigenvalue weighted by atomic mass is 9.68. The van der Waals surface area contributed by atoms with Gasteiger partial charge in [-0.05, 0) is 36.8 Å². The van der Waals surface area contributed by atoms with Crippen LogP contribution in [0.15, 0.2) is 48.8 Å². The lowest BCUT2D eigenvalue weighted by Crippen LogP contribution is -2.53. The number of imidazole rings is 1. The summed E-state index contributed by atoms with van der Waals surface area (Å²) < 4.78 is 57.9. The largest absolute Gasteiger partial charge is 0.434 e. The standard InChI is InChI=1S/C28H25F2N5O4/c1-27(37)12-28(38,13-27)25-31-10-15(11-32-25)14-6-7-17-18(8-14)35-19-9-20(23(35)33-17)34(2)24(36)16-4-3-5-21(22(16)19)39-26(29)30/h3-8,10-11,19-20,26,37-38H,9,12-13H2,1-2H3/t19-,20-,27?,28?/m1/s1/i2D3. The predicted molar refractivity (Wildman–Crippen MR) is 135 cm³/mol. The molecule has 2 aromatic carbocycles. The SMILES string of the molecule is [2H]C([2H])([2H])N1C(=O)c2cccc(OC(F)F)c2[C@H]2C[C@@H]1c1nc3ccc(-c4cnc(C5(O)CC(C)(O)C5)nc4)cc3n12. The van der Waals surface area contributed by atoms with Gasteiger partial charge in [-0.15, -0.1) is 0 Å². The van der Waals surface area contributed by atoms with Crippen LogP contribution in [0.2, 0.25) is 0 Å². The number of aromatic nitrogens is 4. The molecule has 2 atom stereocenters. The van der Waals surface area contributed by atoms with E-state index in [0.717, 1.165) is 4.90 Å². The number of amides is 1. The van der Waals surface area contributed by atoms with Crippen LogP contribution in [-0.4, -0.2) is 59.7 Å². The van der Waals surface area contributed by atoms with Crippen LogP contribution in [0, 0.1) is 0 Å². The van der Waals surface area contributed by atoms with Crippen LogP contribution in [0.25, 0.3) is 22.2 Å². The van der Waals surface area contributed by atoms with Gasteiger partial charge in [0.25, 0.3) is 5.91 Å². The van der Waals surface area contributed by atoms with Crippen molar-refractivity contribution in [2.45, 2.75) is 56.1 Å². The second-order valence-corrected chi connectivity index (χ2v) is 10.8. The molecule has 2 aliphatic heterocycles. The van der Waals surface area contributed by atoms with E-state index in [1.807, 2.05) is 6.07 Å². The second kappa shape index (κ2) is 8.03. The van der Waals surface area contributed by atoms with Crippen molar-refractivity contribution < 1.29 is 32.6 Å². The third-order valence-corrected chi connectivity index (χ3v) is 7.90. The molecule has 1 saturated carbocycles. The highest BCUT2D eigenvalue weighted by Crippen LogP contribution is 2.50. The minimum Gasteiger partial charge on any atom is -0.434 e. The number of benzene rings is 2. The van der Waals surface area contributed by atoms with Crippen molar-refractivity contribution in [2.24, 2.45) is 0 Å². The summed E-state index contributed by atoms with van der Waals surface area (Å²) in [6.45, 7) is -4.33. The van der Waals surface area contributed by atoms with Crippen LogP contribution in [0.5, 0.6) is 5.75 Å². The van der Waals surface area contributed by atoms with Gasteiger partial charge in [0.1, 0.15) is 17.2 Å². The minimum absolute atomic E-state index is 0.0164. The van der Waals surface area contributed by atoms with Crippen molar-refractivity contribution in [3.8, 4) is 16.9 Å². The highest BCUT2D eigenvalue weighted by molar-refractivity contribution is 5.98. The number of nitrogens with zero attached hydrogens (tertiary/aromatic N) is 5. The highest BCUT2D eigenvalue weighted by Gasteiger charge is 2.53. The number of hydrogen-bond donors (Lipinski definition) is 2. The predicted octanol–water partition coefficient (Wildman–Crippen LogP) is 3.95. The van der Waals surface area contributed by atoms with Gasteiger partial charge in [0.15, 0.2) is 5.82 Å². The molecule has 7 rings (SSSR count). The third-order valence-electron chi connectivity index (χ3n) is 7.90. The van der Waals surface area contributed by atoms with Gasteiger partial charge >= 0.3 is 6.61 Å². The first-order valence-electron chi connectivity index (χ1n) is 14.0. The molecule has 3 aliphatic rings. The highest BCUT2D eigenvalue weighted by atomic mass is 19.3. The molecule has 9 nitrogen and oxygen atoms in total. The maximum Gasteiger partial charge on any atom is 0.387 e. The number of fused-ring (bicyclic) bond motifs is 9. The fraction of sp³-hybridized carbons (Fsp3) is 0.357. The van der Waals surface area contributed by atoms with E-state index in [2.05, 4.69) is 9.97 Å². The first-order chi connectivity index (χ1) is 19.8. The van der Waals surface area contributed by atoms with Gasteiger partial charge in [0.2, 0.25) is 0 Å². The Morgan fingerprint density at radius 2 is 1.90 bits per heavy atom. The molecule has 2 bridgehead atoms. The zero-order valence-corrected chi connectivity index (χ0v) is 20.7. The Bertz CT molecular complexity index is 1750. The molecule has 0 spiro atoms. The summed E-state index contributed by atoms with van der Waals surface area (Å²) in [7, 11) is 0. The number of carbonyl (C=O) groups is 1. The summed E-state index contributed by atoms with van der Waals surface area (Å²) in [4.78, 5) is 27.8. The minimum atomic E-state index is -3.15. The Morgan fingerprint density at radius 1 is 1.13 bits per heavy atom. The Balaban J connectivity index is 1.36. The van der Waals surface area contributed by atoms with Crippen LogP contribution in [-0.2, 0) is 5.60 Å². The third kappa shape index (κ3) is 3.56. The van der Waals surface area contributed by atoms with Gasteiger partial charge in [-0.1, -0.05) is 12.1 Å². The fourth-order valence-electron chi connectivity index (χ4n) is 6.37. The average molecular weight is 537 g/mol. The van der Waals surface area contributed by atoms with Crippen molar-refractivity contribution in [1.29, 1.82) is 0 Å². The van der Waals surface area contributed by atoms with E-state index in [-0.39, 0.29) is 42.0 Å². The molecular formula is C28H25F2N5O4. The van der Waals surface area contributed by atoms with E-state index in [0.29, 0.717) is 28.0 Å². The maximum absolute atomic E-state index is 13.6. The first-order valence-corrected chi connectivity index (χ1v) is 12.5. The van der Waals surface area contributed by atoms with E-state index in [1.54, 1.807) is 36.0 Å². The smallest absolute Gasteiger partial charge is 0.387 e. The normalized spacial score (nSPS) is 28.8. The van der Waals surface area contributed by atoms with Gasteiger partial charge in [0.05, 0.1) is 28.7 Å². The molecule has 200 valence electrons. The average Bonchev–Trinajstić information content (AvgIpc) is 3.39. The van der Waals surface area contributed by atoms with Crippen LogP contribution < -0.4 is 4.74 Å². The summed E-state index contributed by atoms with van der Waals surface area (Å²) in [6, 6.07) is 7.89. The molecule has 0 saturated heterocycles. The number of ether oxygens (including phenoxy) is 1. The molecule has 2 N–H and O–H groups in total. The number of alkyl halides is 2. The monoisotopic (exact) mass is 536 g/mol. The van der Waals surface area contributed by atoms with Gasteiger partial charge in [0, 0.05) is 59.4 Å². The van der Waals surface area contributed by atoms with E-state index in [4.69, 9.17) is 13.8 Å². The molecule has 1 fully saturated rings. The molecule has 2 aromatic heterocycles. The Labute approximate surface area is 225 Å². The molecule has 0 radical (unpaired) electrons. The maximum atomic E-state index is 13.6. The van der Waals surface area contributed by atoms with Crippen molar-refractivity contribution in [3.05, 3.63) is 71.6 Å². The quantitative estimate of drug-likeness (QED) is 0.406. The zero-order chi connectivity index (χ0) is 29.8. The van der Waals surface area contributed by atoms with Crippen LogP contribution >= 0.6 is 0 Å². The number of rotatable bonds is 4. The summed E-state index contributed by atoms with van der Waals surface area (Å²) in [5, 5.41) is 20.8. The number of carbonyl (C=O) groups excluding carboxylic acids is 1. The van der Waals surface area contributed by atoms with Crippen LogP contribution in [0.1, 0.15) is 70.0 Å². The van der Waals surface area contributed by atoms with Crippen molar-refractivity contribution >= 4 is 16.9 Å². The van der Waals surface area contributed by atoms with Gasteiger partial charge in [-0.2, -0.15) is 8.78 Å². The van der Waals surface area contributed by atoms with Gasteiger partial charge in [-0.3, -0.25) is 4.79 Å². The van der Waals surface area contributed by atoms with Gasteiger partial charge in [-0.25, -0.2) is 15.0 Å². The van der Waals surface area contributed by atoms with Crippen LogP contribution in [0.4, 0.5) is 8.78 Å². The molecule has 0 unspecified atom stereocenters. The molecule has 4 aromatic rings. The Hall–Kier alpha value is -3.96. The van der Waals surface area contributed by atoms with Crippen LogP contribution in [0.3, 0.4) is 0 Å². The van der Waals surface area contributed by atoms with E-state index in [1.165, 1.54) is 18.2 Å². The van der Waals surface area contributed by atoms with E-state index < -0.39 is 42.8 Å². The second-order valence-electron chi connectivity index (χ2n) is 10.8. The van der Waals surface area contributed by atoms with Crippen molar-refractivity contribution in [2.75, 3.05) is 6.98 Å². The summed E-state index contributed by atoms with van der Waals surface area (Å²) in [5.41, 5.74) is 0.352. The molecule has 1 amide bonds. The lowest BCUT2D eigenvalue weighted by Gasteiger charge is -2.46. The van der Waals surface area contributed by atoms with E-state index >= 15 is 0 Å². The molecule has 1 aliphatic carbocycles. The van der Waals surface area contributed by atoms with E-state index in [9.17, 15) is 23.8 Å². The molecule has 11 heteroatoms. The summed E-state index contributed by atoms with van der Waals surface area (Å²) >= 11 is 0. The molecule has 39 heavy (non-hydrogen) atoms. The number of hydrogen-bond acceptors (Lipinski definition) is 7. The Morgan fingerprint density at radius 3 is 2.59 bits per heavy atom. The van der Waals surface area contributed by atoms with Gasteiger partial charge < -0.3 is 24.4 Å². The number of halogens is 2. The topological polar surface area (TPSA) is 114 Å². The first kappa shape index (κ1) is 20.9. The molecule has 4 heterocycles. The van der Waals surface area contributed by atoms with Crippen molar-refractivity contribution in [3.63, 3.8) is 0 Å². The van der Waals surface area contributed by atoms with Crippen molar-refractivity contribution in [1.82, 2.24) is 24.4 Å². The lowest BCUT2D eigenvalue weighted by molar-refractivity contribution is -0.180. The fourth-order valence-corrected chi connectivity index (χ4v) is 6.37. The zero-order valence-electron chi connectivity index (χ0n) is 23.7. The summed E-state index contributed by atoms with van der Waals surface area (Å²) in [6.07, 6.45) is 3.51. The Kier molecular flexibility index (Phi) is 4.31. The number of aliphatic hydroxyl groups is 2.